The van der Waals surface area contributed by atoms with Crippen LogP contribution in [0.2, 0.25) is 0 Å². The first-order valence-corrected chi connectivity index (χ1v) is 11.5. The van der Waals surface area contributed by atoms with E-state index in [0.29, 0.717) is 0 Å². The predicted octanol–water partition coefficient (Wildman–Crippen LogP) is 8.93. The molecule has 1 aromatic carbocycles. The molecule has 0 aliphatic heterocycles. The Labute approximate surface area is 182 Å². The maximum absolute atomic E-state index is 4.15. The number of hydrogen-bond donors (Lipinski definition) is 0. The number of hydrogen-bond acceptors (Lipinski definition) is 0. The van der Waals surface area contributed by atoms with Crippen molar-refractivity contribution in [3.8, 4) is 0 Å². The van der Waals surface area contributed by atoms with Crippen LogP contribution in [0.25, 0.3) is 0 Å². The number of rotatable bonds is 6. The van der Waals surface area contributed by atoms with Crippen LogP contribution >= 0.6 is 7.92 Å². The van der Waals surface area contributed by atoms with Gasteiger partial charge in [-0.25, -0.2) is 0 Å². The van der Waals surface area contributed by atoms with Crippen LogP contribution in [0.15, 0.2) is 91.6 Å². The summed E-state index contributed by atoms with van der Waals surface area (Å²) >= 11 is 0. The van der Waals surface area contributed by atoms with E-state index in [9.17, 15) is 0 Å². The van der Waals surface area contributed by atoms with Crippen molar-refractivity contribution >= 4 is 13.2 Å². The summed E-state index contributed by atoms with van der Waals surface area (Å²) in [4.78, 5) is 0. The highest BCUT2D eigenvalue weighted by Crippen LogP contribution is 2.46. The maximum Gasteiger partial charge on any atom is -0.0132 e. The average molecular weight is 409 g/mol. The molecular weight excluding hydrogens is 367 g/mol. The lowest BCUT2D eigenvalue weighted by Gasteiger charge is -2.28. The van der Waals surface area contributed by atoms with E-state index in [-0.39, 0.29) is 10.8 Å². The lowest BCUT2D eigenvalue weighted by molar-refractivity contribution is 0.569. The van der Waals surface area contributed by atoms with E-state index in [4.69, 9.17) is 0 Å². The van der Waals surface area contributed by atoms with E-state index >= 15 is 0 Å². The monoisotopic (exact) mass is 408 g/mol. The van der Waals surface area contributed by atoms with Crippen molar-refractivity contribution in [2.75, 3.05) is 0 Å². The molecule has 0 fully saturated rings. The van der Waals surface area contributed by atoms with E-state index in [0.717, 1.165) is 11.1 Å². The topological polar surface area (TPSA) is 0 Å². The van der Waals surface area contributed by atoms with Crippen molar-refractivity contribution in [2.45, 2.75) is 66.2 Å². The summed E-state index contributed by atoms with van der Waals surface area (Å²) in [5, 5.41) is 2.70. The van der Waals surface area contributed by atoms with Gasteiger partial charge in [0.2, 0.25) is 0 Å². The highest BCUT2D eigenvalue weighted by Gasteiger charge is 2.22. The van der Waals surface area contributed by atoms with Gasteiger partial charge < -0.3 is 0 Å². The fourth-order valence-electron chi connectivity index (χ4n) is 2.74. The Balaban J connectivity index is 0.00000379. The number of allylic oxidation sites excluding steroid dienone is 6. The van der Waals surface area contributed by atoms with Crippen molar-refractivity contribution in [1.82, 2.24) is 0 Å². The van der Waals surface area contributed by atoms with Gasteiger partial charge in [-0.3, -0.25) is 0 Å². The summed E-state index contributed by atoms with van der Waals surface area (Å²) < 4.78 is 0. The molecule has 1 aromatic rings. The van der Waals surface area contributed by atoms with Gasteiger partial charge in [0, 0.05) is 0 Å². The highest BCUT2D eigenvalue weighted by molar-refractivity contribution is 7.72. The maximum atomic E-state index is 4.15. The van der Waals surface area contributed by atoms with Crippen LogP contribution in [0, 0.1) is 0 Å². The van der Waals surface area contributed by atoms with Crippen LogP contribution < -0.4 is 5.30 Å². The fraction of sp³-hybridized carbons (Fsp3) is 0.357. The fourth-order valence-corrected chi connectivity index (χ4v) is 4.44. The summed E-state index contributed by atoms with van der Waals surface area (Å²) in [6.45, 7) is 36.0. The van der Waals surface area contributed by atoms with Gasteiger partial charge in [-0.05, 0) is 59.9 Å². The largest absolute Gasteiger partial charge is 0.106 e. The third-order valence-corrected chi connectivity index (χ3v) is 6.80. The minimum Gasteiger partial charge on any atom is -0.106 e. The predicted molar refractivity (Wildman–Crippen MR) is 139 cm³/mol. The quantitative estimate of drug-likeness (QED) is 0.250. The van der Waals surface area contributed by atoms with Gasteiger partial charge in [-0.2, -0.15) is 0 Å². The Morgan fingerprint density at radius 2 is 1.28 bits per heavy atom. The lowest BCUT2D eigenvalue weighted by Crippen LogP contribution is -2.20. The molecule has 0 saturated carbocycles. The van der Waals surface area contributed by atoms with E-state index in [2.05, 4.69) is 118 Å². The van der Waals surface area contributed by atoms with Crippen molar-refractivity contribution < 1.29 is 0 Å². The molecular formula is C28H41P. The van der Waals surface area contributed by atoms with Crippen LogP contribution in [0.1, 0.15) is 66.5 Å². The van der Waals surface area contributed by atoms with Crippen LogP contribution in [0.3, 0.4) is 0 Å². The molecule has 0 saturated heterocycles. The molecule has 0 nitrogen and oxygen atoms in total. The first-order chi connectivity index (χ1) is 13.3. The van der Waals surface area contributed by atoms with E-state index in [1.54, 1.807) is 0 Å². The molecule has 0 heterocycles. The SMILES string of the molecule is C=C.C=C/C(=C/C=C(\C)[P@@](C=C)c1cc(C(C)(C)C)cc(C(C)(C)C)c1)C(=C)C. The zero-order valence-corrected chi connectivity index (χ0v) is 20.9. The molecule has 1 heteroatoms. The van der Waals surface area contributed by atoms with Gasteiger partial charge in [0.05, 0.1) is 0 Å². The molecule has 1 atom stereocenters. The van der Waals surface area contributed by atoms with Gasteiger partial charge in [-0.1, -0.05) is 109 Å². The molecule has 29 heavy (non-hydrogen) atoms. The molecule has 0 unspecified atom stereocenters. The van der Waals surface area contributed by atoms with Crippen molar-refractivity contribution in [1.29, 1.82) is 0 Å². The van der Waals surface area contributed by atoms with Crippen LogP contribution in [0.4, 0.5) is 0 Å². The second-order valence-corrected chi connectivity index (χ2v) is 11.6. The standard InChI is InChI=1S/C26H37P.C2H4/c1-12-21(19(3)4)15-14-20(5)27(13-2)24-17-22(25(6,7)8)16-23(18-24)26(9,10)11;1-2/h12-18H,1-3H2,4-11H3;1-2H2/b20-14+,21-15-;/t27-;/m1./s1. The molecule has 0 spiro atoms. The van der Waals surface area contributed by atoms with E-state index in [1.807, 2.05) is 13.0 Å². The van der Waals surface area contributed by atoms with Crippen molar-refractivity contribution in [3.63, 3.8) is 0 Å². The van der Waals surface area contributed by atoms with Crippen LogP contribution in [-0.2, 0) is 10.8 Å². The Morgan fingerprint density at radius 1 is 0.828 bits per heavy atom. The normalized spacial score (nSPS) is 13.8. The van der Waals surface area contributed by atoms with Crippen molar-refractivity contribution in [2.24, 2.45) is 0 Å². The Morgan fingerprint density at radius 3 is 1.59 bits per heavy atom. The third kappa shape index (κ3) is 8.15. The van der Waals surface area contributed by atoms with Gasteiger partial charge in [0.25, 0.3) is 0 Å². The first-order valence-electron chi connectivity index (χ1n) is 10.1. The second kappa shape index (κ2) is 11.3. The minimum absolute atomic E-state index is 0.117. The second-order valence-electron chi connectivity index (χ2n) is 9.24. The zero-order chi connectivity index (χ0) is 23.0. The molecule has 0 aliphatic rings. The van der Waals surface area contributed by atoms with Gasteiger partial charge >= 0.3 is 0 Å². The zero-order valence-electron chi connectivity index (χ0n) is 20.0. The summed E-state index contributed by atoms with van der Waals surface area (Å²) in [6.07, 6.45) is 6.17. The van der Waals surface area contributed by atoms with Crippen molar-refractivity contribution in [3.05, 3.63) is 103 Å². The molecule has 0 aliphatic carbocycles. The molecule has 0 aromatic heterocycles. The molecule has 1 rings (SSSR count). The Kier molecular flexibility index (Phi) is 10.6. The molecule has 0 amide bonds. The lowest BCUT2D eigenvalue weighted by atomic mass is 9.81. The highest BCUT2D eigenvalue weighted by atomic mass is 31.1. The average Bonchev–Trinajstić information content (AvgIpc) is 2.62. The first kappa shape index (κ1) is 27.1. The summed E-state index contributed by atoms with van der Waals surface area (Å²) in [5.41, 5.74) is 5.11. The Hall–Kier alpha value is -1.91. The van der Waals surface area contributed by atoms with E-state index in [1.165, 1.54) is 21.7 Å². The number of benzene rings is 1. The summed E-state index contributed by atoms with van der Waals surface area (Å²) in [7, 11) is -0.580. The van der Waals surface area contributed by atoms with Gasteiger partial charge in [0.15, 0.2) is 0 Å². The molecule has 0 radical (unpaired) electrons. The van der Waals surface area contributed by atoms with Gasteiger partial charge in [-0.15, -0.1) is 13.2 Å². The van der Waals surface area contributed by atoms with Crippen LogP contribution in [0.5, 0.6) is 0 Å². The summed E-state index contributed by atoms with van der Waals surface area (Å²) in [5.74, 6) is 2.11. The smallest absolute Gasteiger partial charge is 0.0132 e. The minimum atomic E-state index is -0.580. The molecule has 0 N–H and O–H groups in total. The summed E-state index contributed by atoms with van der Waals surface area (Å²) in [6, 6.07) is 7.11. The molecule has 0 bridgehead atoms. The van der Waals surface area contributed by atoms with Gasteiger partial charge in [0.1, 0.15) is 0 Å². The Bertz CT molecular complexity index is 756. The third-order valence-electron chi connectivity index (χ3n) is 4.71. The molecule has 158 valence electrons. The van der Waals surface area contributed by atoms with E-state index < -0.39 is 7.92 Å². The van der Waals surface area contributed by atoms with Crippen LogP contribution in [-0.4, -0.2) is 0 Å².